The fourth-order valence-corrected chi connectivity index (χ4v) is 1.85. The molecule has 0 fully saturated rings. The molecule has 0 aliphatic carbocycles. The first-order chi connectivity index (χ1) is 10.1. The summed E-state index contributed by atoms with van der Waals surface area (Å²) in [5.41, 5.74) is 1.65. The second kappa shape index (κ2) is 6.90. The van der Waals surface area contributed by atoms with E-state index in [1.165, 1.54) is 12.3 Å². The maximum absolute atomic E-state index is 11.5. The fourth-order valence-electron chi connectivity index (χ4n) is 1.67. The minimum absolute atomic E-state index is 0.103. The van der Waals surface area contributed by atoms with Crippen molar-refractivity contribution in [2.24, 2.45) is 4.99 Å². The number of nitrogens with zero attached hydrogens (tertiary/aromatic N) is 1. The van der Waals surface area contributed by atoms with Gasteiger partial charge < -0.3 is 9.84 Å². The van der Waals surface area contributed by atoms with Crippen molar-refractivity contribution in [3.63, 3.8) is 0 Å². The Bertz CT molecular complexity index is 666. The molecule has 1 N–H and O–H groups in total. The van der Waals surface area contributed by atoms with E-state index < -0.39 is 0 Å². The van der Waals surface area contributed by atoms with Gasteiger partial charge >= 0.3 is 5.97 Å². The molecule has 0 saturated carbocycles. The van der Waals surface area contributed by atoms with Crippen LogP contribution in [0.1, 0.15) is 22.8 Å². The number of aliphatic imine (C=N–C) groups is 1. The number of rotatable bonds is 4. The molecule has 108 valence electrons. The van der Waals surface area contributed by atoms with E-state index in [0.717, 1.165) is 0 Å². The highest BCUT2D eigenvalue weighted by molar-refractivity contribution is 6.30. The molecule has 0 aliphatic rings. The van der Waals surface area contributed by atoms with E-state index in [1.54, 1.807) is 43.3 Å². The molecule has 0 unspecified atom stereocenters. The zero-order valence-electron chi connectivity index (χ0n) is 11.4. The first-order valence-electron chi connectivity index (χ1n) is 6.40. The van der Waals surface area contributed by atoms with Gasteiger partial charge in [-0.05, 0) is 49.4 Å². The average molecular weight is 304 g/mol. The van der Waals surface area contributed by atoms with E-state index in [1.807, 2.05) is 0 Å². The van der Waals surface area contributed by atoms with Crippen LogP contribution in [0.4, 0.5) is 5.69 Å². The second-order valence-electron chi connectivity index (χ2n) is 4.23. The van der Waals surface area contributed by atoms with Crippen molar-refractivity contribution in [3.8, 4) is 5.75 Å². The van der Waals surface area contributed by atoms with Gasteiger partial charge in [-0.1, -0.05) is 11.6 Å². The fraction of sp³-hybridized carbons (Fsp3) is 0.125. The summed E-state index contributed by atoms with van der Waals surface area (Å²) in [7, 11) is 0. The van der Waals surface area contributed by atoms with E-state index in [4.69, 9.17) is 16.3 Å². The summed E-state index contributed by atoms with van der Waals surface area (Å²) in [5, 5.41) is 10.2. The van der Waals surface area contributed by atoms with Gasteiger partial charge in [0, 0.05) is 16.8 Å². The molecule has 0 radical (unpaired) electrons. The van der Waals surface area contributed by atoms with Crippen molar-refractivity contribution in [2.75, 3.05) is 6.61 Å². The predicted molar refractivity (Wildman–Crippen MR) is 82.8 cm³/mol. The lowest BCUT2D eigenvalue weighted by Crippen LogP contribution is -2.03. The van der Waals surface area contributed by atoms with Crippen LogP contribution in [0, 0.1) is 0 Å². The molecule has 0 amide bonds. The molecule has 0 atom stereocenters. The van der Waals surface area contributed by atoms with Crippen LogP contribution in [0.5, 0.6) is 5.75 Å². The molecule has 2 aromatic carbocycles. The van der Waals surface area contributed by atoms with Crippen LogP contribution in [-0.4, -0.2) is 23.9 Å². The molecule has 2 rings (SSSR count). The molecule has 0 heterocycles. The topological polar surface area (TPSA) is 58.9 Å². The predicted octanol–water partition coefficient (Wildman–Crippen LogP) is 3.97. The lowest BCUT2D eigenvalue weighted by Gasteiger charge is -2.02. The van der Waals surface area contributed by atoms with Gasteiger partial charge in [-0.2, -0.15) is 0 Å². The molecule has 0 aromatic heterocycles. The minimum atomic E-state index is -0.361. The van der Waals surface area contributed by atoms with E-state index in [-0.39, 0.29) is 11.7 Å². The van der Waals surface area contributed by atoms with Gasteiger partial charge in [-0.25, -0.2) is 4.79 Å². The lowest BCUT2D eigenvalue weighted by molar-refractivity contribution is 0.0526. The molecule has 2 aromatic rings. The summed E-state index contributed by atoms with van der Waals surface area (Å²) in [6.45, 7) is 2.10. The molecule has 0 saturated heterocycles. The van der Waals surface area contributed by atoms with Crippen molar-refractivity contribution in [2.45, 2.75) is 6.92 Å². The maximum atomic E-state index is 11.5. The van der Waals surface area contributed by atoms with Crippen LogP contribution < -0.4 is 0 Å². The highest BCUT2D eigenvalue weighted by Crippen LogP contribution is 2.21. The van der Waals surface area contributed by atoms with Gasteiger partial charge in [0.25, 0.3) is 0 Å². The Labute approximate surface area is 127 Å². The van der Waals surface area contributed by atoms with Gasteiger partial charge in [0.05, 0.1) is 17.9 Å². The molecule has 0 bridgehead atoms. The van der Waals surface area contributed by atoms with Crippen LogP contribution in [0.2, 0.25) is 5.02 Å². The van der Waals surface area contributed by atoms with Gasteiger partial charge in [-0.3, -0.25) is 4.99 Å². The number of phenols is 1. The average Bonchev–Trinajstić information content (AvgIpc) is 2.49. The highest BCUT2D eigenvalue weighted by atomic mass is 35.5. The van der Waals surface area contributed by atoms with Gasteiger partial charge in [-0.15, -0.1) is 0 Å². The number of esters is 1. The first-order valence-corrected chi connectivity index (χ1v) is 6.77. The number of phenolic OH excluding ortho intramolecular Hbond substituents is 1. The Morgan fingerprint density at radius 1 is 1.29 bits per heavy atom. The van der Waals surface area contributed by atoms with Crippen LogP contribution >= 0.6 is 11.6 Å². The molecule has 4 nitrogen and oxygen atoms in total. The Morgan fingerprint density at radius 3 is 2.67 bits per heavy atom. The normalized spacial score (nSPS) is 10.8. The van der Waals surface area contributed by atoms with Crippen LogP contribution in [0.15, 0.2) is 47.5 Å². The van der Waals surface area contributed by atoms with Crippen molar-refractivity contribution in [3.05, 3.63) is 58.6 Å². The monoisotopic (exact) mass is 303 g/mol. The van der Waals surface area contributed by atoms with E-state index in [9.17, 15) is 9.90 Å². The van der Waals surface area contributed by atoms with Crippen LogP contribution in [0.3, 0.4) is 0 Å². The van der Waals surface area contributed by atoms with Crippen molar-refractivity contribution in [1.82, 2.24) is 0 Å². The minimum Gasteiger partial charge on any atom is -0.507 e. The number of aromatic hydroxyl groups is 1. The number of hydrogen-bond acceptors (Lipinski definition) is 4. The third-order valence-electron chi connectivity index (χ3n) is 2.72. The zero-order valence-corrected chi connectivity index (χ0v) is 12.2. The number of carbonyl (C=O) groups is 1. The van der Waals surface area contributed by atoms with Crippen molar-refractivity contribution < 1.29 is 14.6 Å². The SMILES string of the molecule is CCOC(=O)c1ccc(N=Cc2cc(Cl)ccc2O)cc1. The van der Waals surface area contributed by atoms with E-state index in [0.29, 0.717) is 28.4 Å². The Balaban J connectivity index is 2.14. The molecule has 0 spiro atoms. The maximum Gasteiger partial charge on any atom is 0.338 e. The summed E-state index contributed by atoms with van der Waals surface area (Å²) in [5.74, 6) is -0.258. The molecular weight excluding hydrogens is 290 g/mol. The summed E-state index contributed by atoms with van der Waals surface area (Å²) in [4.78, 5) is 15.7. The summed E-state index contributed by atoms with van der Waals surface area (Å²) in [6.07, 6.45) is 1.51. The smallest absolute Gasteiger partial charge is 0.338 e. The molecule has 5 heteroatoms. The van der Waals surface area contributed by atoms with Crippen molar-refractivity contribution >= 4 is 29.5 Å². The first kappa shape index (κ1) is 15.1. The quantitative estimate of drug-likeness (QED) is 0.686. The van der Waals surface area contributed by atoms with Crippen LogP contribution in [0.25, 0.3) is 0 Å². The standard InChI is InChI=1S/C16H14ClNO3/c1-2-21-16(20)11-3-6-14(7-4-11)18-10-12-9-13(17)5-8-15(12)19/h3-10,19H,2H2,1H3. The summed E-state index contributed by atoms with van der Waals surface area (Å²) >= 11 is 5.86. The van der Waals surface area contributed by atoms with Gasteiger partial charge in [0.2, 0.25) is 0 Å². The van der Waals surface area contributed by atoms with Crippen molar-refractivity contribution in [1.29, 1.82) is 0 Å². The third-order valence-corrected chi connectivity index (χ3v) is 2.96. The summed E-state index contributed by atoms with van der Waals surface area (Å²) < 4.78 is 4.90. The molecule has 21 heavy (non-hydrogen) atoms. The van der Waals surface area contributed by atoms with Gasteiger partial charge in [0.1, 0.15) is 5.75 Å². The Kier molecular flexibility index (Phi) is 4.95. The summed E-state index contributed by atoms with van der Waals surface area (Å²) in [6, 6.07) is 11.4. The number of carbonyl (C=O) groups excluding carboxylic acids is 1. The molecule has 0 aliphatic heterocycles. The third kappa shape index (κ3) is 4.07. The number of halogens is 1. The van der Waals surface area contributed by atoms with Crippen LogP contribution in [-0.2, 0) is 4.74 Å². The van der Waals surface area contributed by atoms with E-state index >= 15 is 0 Å². The number of benzene rings is 2. The second-order valence-corrected chi connectivity index (χ2v) is 4.67. The van der Waals surface area contributed by atoms with E-state index in [2.05, 4.69) is 4.99 Å². The Morgan fingerprint density at radius 2 is 2.00 bits per heavy atom. The highest BCUT2D eigenvalue weighted by Gasteiger charge is 2.05. The number of hydrogen-bond donors (Lipinski definition) is 1. The largest absolute Gasteiger partial charge is 0.507 e. The molecular formula is C16H14ClNO3. The Hall–Kier alpha value is -2.33. The van der Waals surface area contributed by atoms with Gasteiger partial charge in [0.15, 0.2) is 0 Å². The number of ether oxygens (including phenoxy) is 1. The lowest BCUT2D eigenvalue weighted by atomic mass is 10.2. The zero-order chi connectivity index (χ0) is 15.2.